The van der Waals surface area contributed by atoms with Gasteiger partial charge in [-0.15, -0.1) is 0 Å². The van der Waals surface area contributed by atoms with Gasteiger partial charge in [0.1, 0.15) is 0 Å². The molecule has 0 aliphatic heterocycles. The fourth-order valence-corrected chi connectivity index (χ4v) is 1.56. The Morgan fingerprint density at radius 3 is 3.19 bits per heavy atom. The van der Waals surface area contributed by atoms with Gasteiger partial charge in [0.25, 0.3) is 0 Å². The van der Waals surface area contributed by atoms with E-state index in [1.165, 1.54) is 0 Å². The Morgan fingerprint density at radius 2 is 2.38 bits per heavy atom. The molecule has 16 heavy (non-hydrogen) atoms. The van der Waals surface area contributed by atoms with Gasteiger partial charge in [-0.05, 0) is 24.1 Å². The number of carbonyl (C=O) groups excluding carboxylic acids is 1. The van der Waals surface area contributed by atoms with Crippen molar-refractivity contribution < 1.29 is 4.79 Å². The van der Waals surface area contributed by atoms with Gasteiger partial charge in [-0.1, -0.05) is 6.07 Å². The predicted molar refractivity (Wildman–Crippen MR) is 61.9 cm³/mol. The predicted octanol–water partition coefficient (Wildman–Crippen LogP) is 0.180. The maximum atomic E-state index is 10.9. The minimum atomic E-state index is -0.123. The average Bonchev–Trinajstić information content (AvgIpc) is 2.76. The molecule has 5 heteroatoms. The summed E-state index contributed by atoms with van der Waals surface area (Å²) >= 11 is 0. The lowest BCUT2D eigenvalue weighted by Gasteiger charge is -2.03. The van der Waals surface area contributed by atoms with E-state index in [1.54, 1.807) is 6.33 Å². The number of aromatic amines is 1. The van der Waals surface area contributed by atoms with Crippen LogP contribution in [0.1, 0.15) is 5.56 Å². The molecule has 0 fully saturated rings. The van der Waals surface area contributed by atoms with Crippen LogP contribution in [-0.4, -0.2) is 29.0 Å². The van der Waals surface area contributed by atoms with Crippen molar-refractivity contribution in [2.24, 2.45) is 5.73 Å². The van der Waals surface area contributed by atoms with Crippen LogP contribution < -0.4 is 11.1 Å². The molecule has 0 bridgehead atoms. The molecule has 0 saturated heterocycles. The summed E-state index contributed by atoms with van der Waals surface area (Å²) in [6.45, 7) is 0.648. The van der Waals surface area contributed by atoms with Gasteiger partial charge in [-0.3, -0.25) is 4.79 Å². The number of H-pyrrole nitrogens is 1. The Kier molecular flexibility index (Phi) is 3.16. The third-order valence-electron chi connectivity index (χ3n) is 2.41. The summed E-state index contributed by atoms with van der Waals surface area (Å²) in [5.74, 6) is -0.123. The van der Waals surface area contributed by atoms with Gasteiger partial charge in [0.05, 0.1) is 23.9 Å². The zero-order chi connectivity index (χ0) is 11.4. The minimum Gasteiger partial charge on any atom is -0.355 e. The first-order valence-electron chi connectivity index (χ1n) is 5.18. The standard InChI is InChI=1S/C11H14N4O/c12-6-11(16)13-4-3-8-1-2-9-10(5-8)15-7-14-9/h1-2,5,7H,3-4,6,12H2,(H,13,16)(H,14,15). The van der Waals surface area contributed by atoms with Gasteiger partial charge in [-0.2, -0.15) is 0 Å². The Bertz CT molecular complexity index is 491. The van der Waals surface area contributed by atoms with Crippen molar-refractivity contribution in [2.75, 3.05) is 13.1 Å². The lowest BCUT2D eigenvalue weighted by atomic mass is 10.1. The molecule has 0 spiro atoms. The molecular weight excluding hydrogens is 204 g/mol. The molecule has 0 saturated carbocycles. The quantitative estimate of drug-likeness (QED) is 0.684. The fraction of sp³-hybridized carbons (Fsp3) is 0.273. The number of fused-ring (bicyclic) bond motifs is 1. The van der Waals surface area contributed by atoms with E-state index >= 15 is 0 Å². The highest BCUT2D eigenvalue weighted by Gasteiger charge is 2.00. The molecule has 0 aliphatic rings. The van der Waals surface area contributed by atoms with E-state index in [2.05, 4.69) is 15.3 Å². The topological polar surface area (TPSA) is 83.8 Å². The Labute approximate surface area is 93.1 Å². The number of imidazole rings is 1. The number of rotatable bonds is 4. The highest BCUT2D eigenvalue weighted by molar-refractivity contribution is 5.77. The van der Waals surface area contributed by atoms with E-state index in [0.717, 1.165) is 23.0 Å². The lowest BCUT2D eigenvalue weighted by molar-refractivity contribution is -0.119. The maximum absolute atomic E-state index is 10.9. The van der Waals surface area contributed by atoms with E-state index in [-0.39, 0.29) is 12.5 Å². The zero-order valence-corrected chi connectivity index (χ0v) is 8.86. The molecule has 0 aliphatic carbocycles. The summed E-state index contributed by atoms with van der Waals surface area (Å²) in [7, 11) is 0. The van der Waals surface area contributed by atoms with E-state index in [9.17, 15) is 4.79 Å². The summed E-state index contributed by atoms with van der Waals surface area (Å²) in [5, 5.41) is 2.73. The van der Waals surface area contributed by atoms with Crippen LogP contribution in [0.5, 0.6) is 0 Å². The Morgan fingerprint density at radius 1 is 1.50 bits per heavy atom. The number of carbonyl (C=O) groups is 1. The Hall–Kier alpha value is -1.88. The smallest absolute Gasteiger partial charge is 0.233 e. The van der Waals surface area contributed by atoms with Crippen molar-refractivity contribution >= 4 is 16.9 Å². The molecule has 2 aromatic rings. The van der Waals surface area contributed by atoms with E-state index < -0.39 is 0 Å². The van der Waals surface area contributed by atoms with Gasteiger partial charge in [0.2, 0.25) is 5.91 Å². The van der Waals surface area contributed by atoms with Crippen LogP contribution in [0.2, 0.25) is 0 Å². The number of nitrogens with two attached hydrogens (primary N) is 1. The van der Waals surface area contributed by atoms with Gasteiger partial charge < -0.3 is 16.0 Å². The second kappa shape index (κ2) is 4.76. The van der Waals surface area contributed by atoms with Crippen LogP contribution in [0.25, 0.3) is 11.0 Å². The third kappa shape index (κ3) is 2.38. The first kappa shape index (κ1) is 10.6. The van der Waals surface area contributed by atoms with Gasteiger partial charge in [0, 0.05) is 6.54 Å². The second-order valence-electron chi connectivity index (χ2n) is 3.56. The van der Waals surface area contributed by atoms with Crippen molar-refractivity contribution in [1.29, 1.82) is 0 Å². The molecule has 84 valence electrons. The number of amides is 1. The summed E-state index contributed by atoms with van der Waals surface area (Å²) in [6, 6.07) is 6.01. The number of hydrogen-bond donors (Lipinski definition) is 3. The highest BCUT2D eigenvalue weighted by Crippen LogP contribution is 2.11. The van der Waals surface area contributed by atoms with E-state index in [1.807, 2.05) is 18.2 Å². The van der Waals surface area contributed by atoms with Gasteiger partial charge in [-0.25, -0.2) is 4.98 Å². The maximum Gasteiger partial charge on any atom is 0.233 e. The van der Waals surface area contributed by atoms with Crippen molar-refractivity contribution in [3.05, 3.63) is 30.1 Å². The number of hydrogen-bond acceptors (Lipinski definition) is 3. The molecule has 5 nitrogen and oxygen atoms in total. The molecule has 1 amide bonds. The third-order valence-corrected chi connectivity index (χ3v) is 2.41. The summed E-state index contributed by atoms with van der Waals surface area (Å²) < 4.78 is 0. The molecule has 1 aromatic heterocycles. The van der Waals surface area contributed by atoms with Crippen LogP contribution in [0.3, 0.4) is 0 Å². The van der Waals surface area contributed by atoms with Crippen LogP contribution in [0.4, 0.5) is 0 Å². The lowest BCUT2D eigenvalue weighted by Crippen LogP contribution is -2.31. The first-order chi connectivity index (χ1) is 7.79. The zero-order valence-electron chi connectivity index (χ0n) is 8.86. The second-order valence-corrected chi connectivity index (χ2v) is 3.56. The average molecular weight is 218 g/mol. The normalized spacial score (nSPS) is 10.6. The van der Waals surface area contributed by atoms with Gasteiger partial charge in [0.15, 0.2) is 0 Å². The van der Waals surface area contributed by atoms with Gasteiger partial charge >= 0.3 is 0 Å². The van der Waals surface area contributed by atoms with Crippen molar-refractivity contribution in [3.63, 3.8) is 0 Å². The molecule has 4 N–H and O–H groups in total. The SMILES string of the molecule is NCC(=O)NCCc1ccc2nc[nH]c2c1. The molecule has 1 heterocycles. The van der Waals surface area contributed by atoms with Crippen LogP contribution >= 0.6 is 0 Å². The highest BCUT2D eigenvalue weighted by atomic mass is 16.1. The number of benzene rings is 1. The minimum absolute atomic E-state index is 0.0413. The molecule has 0 unspecified atom stereocenters. The van der Waals surface area contributed by atoms with Crippen molar-refractivity contribution in [2.45, 2.75) is 6.42 Å². The van der Waals surface area contributed by atoms with E-state index in [4.69, 9.17) is 5.73 Å². The number of aromatic nitrogens is 2. The monoisotopic (exact) mass is 218 g/mol. The van der Waals surface area contributed by atoms with E-state index in [0.29, 0.717) is 6.54 Å². The Balaban J connectivity index is 1.96. The number of nitrogens with zero attached hydrogens (tertiary/aromatic N) is 1. The number of nitrogens with one attached hydrogen (secondary N) is 2. The van der Waals surface area contributed by atoms with Crippen molar-refractivity contribution in [3.8, 4) is 0 Å². The van der Waals surface area contributed by atoms with Crippen LogP contribution in [0.15, 0.2) is 24.5 Å². The summed E-state index contributed by atoms with van der Waals surface area (Å²) in [4.78, 5) is 18.1. The first-order valence-corrected chi connectivity index (χ1v) is 5.18. The summed E-state index contributed by atoms with van der Waals surface area (Å²) in [5.41, 5.74) is 8.32. The van der Waals surface area contributed by atoms with Crippen LogP contribution in [0, 0.1) is 0 Å². The molecular formula is C11H14N4O. The van der Waals surface area contributed by atoms with Crippen molar-refractivity contribution in [1.82, 2.24) is 15.3 Å². The molecule has 0 radical (unpaired) electrons. The largest absolute Gasteiger partial charge is 0.355 e. The summed E-state index contributed by atoms with van der Waals surface area (Å²) in [6.07, 6.45) is 2.46. The molecule has 2 rings (SSSR count). The fourth-order valence-electron chi connectivity index (χ4n) is 1.56. The van der Waals surface area contributed by atoms with Crippen LogP contribution in [-0.2, 0) is 11.2 Å². The molecule has 0 atom stereocenters. The molecule has 1 aromatic carbocycles.